The van der Waals surface area contributed by atoms with E-state index in [9.17, 15) is 4.79 Å². The molecule has 1 atom stereocenters. The van der Waals surface area contributed by atoms with Gasteiger partial charge in [0.2, 0.25) is 5.91 Å². The number of amides is 1. The van der Waals surface area contributed by atoms with Crippen molar-refractivity contribution in [3.05, 3.63) is 40.9 Å². The third kappa shape index (κ3) is 4.11. The molecule has 0 aromatic carbocycles. The van der Waals surface area contributed by atoms with Crippen LogP contribution < -0.4 is 9.47 Å². The second-order valence-corrected chi connectivity index (χ2v) is 6.37. The molecule has 2 aromatic heterocycles. The summed E-state index contributed by atoms with van der Waals surface area (Å²) in [7, 11) is 1.53. The number of methoxy groups -OCH3 is 1. The Bertz CT molecular complexity index is 703. The second kappa shape index (κ2) is 7.92. The van der Waals surface area contributed by atoms with E-state index in [1.165, 1.54) is 7.11 Å². The number of rotatable bonds is 5. The molecule has 24 heavy (non-hydrogen) atoms. The lowest BCUT2D eigenvalue weighted by atomic mass is 10.1. The van der Waals surface area contributed by atoms with Crippen molar-refractivity contribution in [2.75, 3.05) is 20.2 Å². The van der Waals surface area contributed by atoms with Crippen molar-refractivity contribution in [1.82, 2.24) is 14.9 Å². The van der Waals surface area contributed by atoms with E-state index in [4.69, 9.17) is 9.47 Å². The Hall–Kier alpha value is -2.41. The molecule has 0 saturated carbocycles. The standard InChI is InChI=1S/C17H19N3O3S/c1-22-16-17(19-9-8-18-16)23-13-4-2-10-20(12-13)15(21)7-6-14-5-3-11-24-14/h3,5-9,11,13H,2,4,10,12H2,1H3/b7-6+. The van der Waals surface area contributed by atoms with Crippen LogP contribution in [0.4, 0.5) is 0 Å². The highest BCUT2D eigenvalue weighted by molar-refractivity contribution is 7.10. The van der Waals surface area contributed by atoms with Gasteiger partial charge in [0.1, 0.15) is 6.10 Å². The molecule has 1 unspecified atom stereocenters. The first-order chi connectivity index (χ1) is 11.8. The van der Waals surface area contributed by atoms with E-state index < -0.39 is 0 Å². The Labute approximate surface area is 144 Å². The molecule has 1 aliphatic heterocycles. The first-order valence-corrected chi connectivity index (χ1v) is 8.66. The van der Waals surface area contributed by atoms with Crippen LogP contribution in [0.2, 0.25) is 0 Å². The fraction of sp³-hybridized carbons (Fsp3) is 0.353. The Morgan fingerprint density at radius 2 is 2.21 bits per heavy atom. The molecular formula is C17H19N3O3S. The monoisotopic (exact) mass is 345 g/mol. The van der Waals surface area contributed by atoms with Crippen LogP contribution in [0, 0.1) is 0 Å². The van der Waals surface area contributed by atoms with Crippen molar-refractivity contribution in [3.63, 3.8) is 0 Å². The molecule has 3 rings (SSSR count). The topological polar surface area (TPSA) is 64.6 Å². The van der Waals surface area contributed by atoms with Gasteiger partial charge in [0.05, 0.1) is 13.7 Å². The van der Waals surface area contributed by atoms with Gasteiger partial charge in [-0.15, -0.1) is 11.3 Å². The van der Waals surface area contributed by atoms with Gasteiger partial charge in [-0.25, -0.2) is 9.97 Å². The zero-order valence-electron chi connectivity index (χ0n) is 13.4. The smallest absolute Gasteiger partial charge is 0.278 e. The summed E-state index contributed by atoms with van der Waals surface area (Å²) in [4.78, 5) is 23.5. The quantitative estimate of drug-likeness (QED) is 0.780. The molecular weight excluding hydrogens is 326 g/mol. The number of nitrogens with zero attached hydrogens (tertiary/aromatic N) is 3. The Balaban J connectivity index is 1.60. The van der Waals surface area contributed by atoms with Gasteiger partial charge < -0.3 is 14.4 Å². The predicted octanol–water partition coefficient (Wildman–Crippen LogP) is 2.63. The van der Waals surface area contributed by atoms with Crippen molar-refractivity contribution in [2.45, 2.75) is 18.9 Å². The zero-order chi connectivity index (χ0) is 16.8. The molecule has 0 aliphatic carbocycles. The van der Waals surface area contributed by atoms with E-state index in [1.807, 2.05) is 23.6 Å². The van der Waals surface area contributed by atoms with Crippen LogP contribution in [0.1, 0.15) is 17.7 Å². The van der Waals surface area contributed by atoms with Gasteiger partial charge in [0.15, 0.2) is 0 Å². The molecule has 1 amide bonds. The van der Waals surface area contributed by atoms with Gasteiger partial charge in [-0.05, 0) is 30.4 Å². The van der Waals surface area contributed by atoms with Crippen molar-refractivity contribution in [1.29, 1.82) is 0 Å². The van der Waals surface area contributed by atoms with Crippen LogP contribution in [0.5, 0.6) is 11.8 Å². The molecule has 1 fully saturated rings. The second-order valence-electron chi connectivity index (χ2n) is 5.39. The van der Waals surface area contributed by atoms with Crippen LogP contribution >= 0.6 is 11.3 Å². The molecule has 3 heterocycles. The lowest BCUT2D eigenvalue weighted by Crippen LogP contribution is -2.43. The van der Waals surface area contributed by atoms with Crippen LogP contribution in [0.3, 0.4) is 0 Å². The minimum atomic E-state index is -0.108. The summed E-state index contributed by atoms with van der Waals surface area (Å²) < 4.78 is 11.0. The maximum Gasteiger partial charge on any atom is 0.278 e. The van der Waals surface area contributed by atoms with Gasteiger partial charge in [-0.1, -0.05) is 6.07 Å². The summed E-state index contributed by atoms with van der Waals surface area (Å²) in [6.07, 6.45) is 8.25. The van der Waals surface area contributed by atoms with Crippen LogP contribution in [0.15, 0.2) is 36.0 Å². The van der Waals surface area contributed by atoms with Gasteiger partial charge in [0.25, 0.3) is 11.8 Å². The highest BCUT2D eigenvalue weighted by atomic mass is 32.1. The molecule has 0 N–H and O–H groups in total. The maximum absolute atomic E-state index is 12.3. The fourth-order valence-corrected chi connectivity index (χ4v) is 3.19. The summed E-state index contributed by atoms with van der Waals surface area (Å²) in [6.45, 7) is 1.28. The Morgan fingerprint density at radius 1 is 1.38 bits per heavy atom. The highest BCUT2D eigenvalue weighted by Gasteiger charge is 2.25. The molecule has 126 valence electrons. The van der Waals surface area contributed by atoms with E-state index in [0.717, 1.165) is 24.3 Å². The molecule has 0 radical (unpaired) electrons. The molecule has 0 bridgehead atoms. The van der Waals surface area contributed by atoms with Crippen molar-refractivity contribution >= 4 is 23.3 Å². The summed E-state index contributed by atoms with van der Waals surface area (Å²) in [6, 6.07) is 3.95. The number of carbonyl (C=O) groups is 1. The van der Waals surface area contributed by atoms with E-state index in [1.54, 1.807) is 34.7 Å². The molecule has 2 aromatic rings. The average Bonchev–Trinajstić information content (AvgIpc) is 3.14. The third-order valence-corrected chi connectivity index (χ3v) is 4.57. The summed E-state index contributed by atoms with van der Waals surface area (Å²) >= 11 is 1.61. The van der Waals surface area contributed by atoms with E-state index in [0.29, 0.717) is 18.3 Å². The van der Waals surface area contributed by atoms with E-state index >= 15 is 0 Å². The summed E-state index contributed by atoms with van der Waals surface area (Å²) in [5.41, 5.74) is 0. The molecule has 0 spiro atoms. The Morgan fingerprint density at radius 3 is 2.96 bits per heavy atom. The molecule has 1 saturated heterocycles. The number of thiophene rings is 1. The number of carbonyl (C=O) groups excluding carboxylic acids is 1. The molecule has 1 aliphatic rings. The van der Waals surface area contributed by atoms with Gasteiger partial charge >= 0.3 is 0 Å². The van der Waals surface area contributed by atoms with Crippen molar-refractivity contribution in [2.24, 2.45) is 0 Å². The fourth-order valence-electron chi connectivity index (χ4n) is 2.57. The largest absolute Gasteiger partial charge is 0.477 e. The van der Waals surface area contributed by atoms with E-state index in [-0.39, 0.29) is 12.0 Å². The number of ether oxygens (including phenoxy) is 2. The van der Waals surface area contributed by atoms with Gasteiger partial charge in [-0.3, -0.25) is 4.79 Å². The highest BCUT2D eigenvalue weighted by Crippen LogP contribution is 2.24. The third-order valence-electron chi connectivity index (χ3n) is 3.73. The van der Waals surface area contributed by atoms with Crippen molar-refractivity contribution < 1.29 is 14.3 Å². The number of hydrogen-bond acceptors (Lipinski definition) is 6. The normalized spacial score (nSPS) is 17.9. The number of hydrogen-bond donors (Lipinski definition) is 0. The minimum Gasteiger partial charge on any atom is -0.477 e. The van der Waals surface area contributed by atoms with Gasteiger partial charge in [-0.2, -0.15) is 0 Å². The number of piperidine rings is 1. The summed E-state index contributed by atoms with van der Waals surface area (Å²) in [5, 5.41) is 1.99. The maximum atomic E-state index is 12.3. The van der Waals surface area contributed by atoms with Crippen LogP contribution in [0.25, 0.3) is 6.08 Å². The SMILES string of the molecule is COc1nccnc1OC1CCCN(C(=O)/C=C/c2cccs2)C1. The first kappa shape index (κ1) is 16.4. The zero-order valence-corrected chi connectivity index (χ0v) is 14.2. The number of aromatic nitrogens is 2. The Kier molecular flexibility index (Phi) is 5.43. The lowest BCUT2D eigenvalue weighted by molar-refractivity contribution is -0.128. The van der Waals surface area contributed by atoms with Crippen molar-refractivity contribution in [3.8, 4) is 11.8 Å². The molecule has 7 heteroatoms. The first-order valence-electron chi connectivity index (χ1n) is 7.78. The number of likely N-dealkylation sites (tertiary alicyclic amines) is 1. The van der Waals surface area contributed by atoms with E-state index in [2.05, 4.69) is 9.97 Å². The molecule has 6 nitrogen and oxygen atoms in total. The van der Waals surface area contributed by atoms with Crippen LogP contribution in [-0.2, 0) is 4.79 Å². The van der Waals surface area contributed by atoms with Crippen LogP contribution in [-0.4, -0.2) is 47.1 Å². The summed E-state index contributed by atoms with van der Waals surface area (Å²) in [5.74, 6) is 0.731. The van der Waals surface area contributed by atoms with Gasteiger partial charge in [0, 0.05) is 29.9 Å². The minimum absolute atomic E-state index is 0.00260. The lowest BCUT2D eigenvalue weighted by Gasteiger charge is -2.32. The average molecular weight is 345 g/mol. The predicted molar refractivity (Wildman–Crippen MR) is 92.2 cm³/mol.